The molecule has 0 aliphatic heterocycles. The van der Waals surface area contributed by atoms with Crippen LogP contribution in [0.5, 0.6) is 0 Å². The summed E-state index contributed by atoms with van der Waals surface area (Å²) < 4.78 is 16.9. The van der Waals surface area contributed by atoms with E-state index < -0.39 is 6.10 Å². The van der Waals surface area contributed by atoms with E-state index in [1.807, 2.05) is 0 Å². The summed E-state index contributed by atoms with van der Waals surface area (Å²) in [6, 6.07) is 0. The fourth-order valence-corrected chi connectivity index (χ4v) is 9.35. The first-order valence-electron chi connectivity index (χ1n) is 33.4. The maximum absolute atomic E-state index is 12.9. The van der Waals surface area contributed by atoms with Gasteiger partial charge in [0, 0.05) is 19.3 Å². The van der Waals surface area contributed by atoms with E-state index in [1.54, 1.807) is 0 Å². The minimum Gasteiger partial charge on any atom is -0.462 e. The highest BCUT2D eigenvalue weighted by Crippen LogP contribution is 2.17. The number of carbonyl (C=O) groups excluding carboxylic acids is 3. The zero-order valence-corrected chi connectivity index (χ0v) is 51.9. The molecular weight excluding hydrogens is 973 g/mol. The Bertz CT molecular complexity index is 1590. The molecule has 79 heavy (non-hydrogen) atoms. The smallest absolute Gasteiger partial charge is 0.306 e. The number of hydrogen-bond acceptors (Lipinski definition) is 6. The number of allylic oxidation sites excluding steroid dienone is 18. The molecule has 0 rings (SSSR count). The van der Waals surface area contributed by atoms with Gasteiger partial charge in [-0.3, -0.25) is 14.4 Å². The molecule has 0 bridgehead atoms. The molecule has 0 aromatic rings. The normalized spacial score (nSPS) is 12.8. The number of rotatable bonds is 60. The van der Waals surface area contributed by atoms with Gasteiger partial charge in [-0.05, 0) is 103 Å². The molecule has 0 fully saturated rings. The summed E-state index contributed by atoms with van der Waals surface area (Å²) in [4.78, 5) is 38.2. The van der Waals surface area contributed by atoms with E-state index in [0.29, 0.717) is 19.3 Å². The van der Waals surface area contributed by atoms with E-state index in [0.717, 1.165) is 122 Å². The predicted octanol–water partition coefficient (Wildman–Crippen LogP) is 23.0. The number of ether oxygens (including phenoxy) is 3. The third-order valence-corrected chi connectivity index (χ3v) is 14.3. The third kappa shape index (κ3) is 64.8. The standard InChI is InChI=1S/C73H124O6/c1-4-7-10-13-16-19-21-23-25-27-29-31-33-34-35-36-37-38-40-41-43-45-47-49-51-54-57-60-63-66-72(75)78-69-70(68-77-71(74)65-62-59-56-53-18-15-12-9-6-3)79-73(76)67-64-61-58-55-52-50-48-46-44-42-39-32-30-28-26-24-22-20-17-14-11-8-5-2/h7-8,10-11,16-17,19-20,23-26,29-32,42,44,70H,4-6,9,12-15,18,21-22,27-28,33-41,43,45-69H2,1-3H3/b10-7-,11-8-,19-16-,20-17-,25-23-,26-24-,31-29-,32-30-,44-42-. The van der Waals surface area contributed by atoms with Gasteiger partial charge in [0.1, 0.15) is 13.2 Å². The van der Waals surface area contributed by atoms with E-state index in [-0.39, 0.29) is 31.1 Å². The average Bonchev–Trinajstić information content (AvgIpc) is 3.45. The summed E-state index contributed by atoms with van der Waals surface area (Å²) in [5.74, 6) is -0.883. The van der Waals surface area contributed by atoms with Crippen molar-refractivity contribution in [1.29, 1.82) is 0 Å². The molecule has 0 saturated carbocycles. The van der Waals surface area contributed by atoms with Crippen molar-refractivity contribution in [3.63, 3.8) is 0 Å². The highest BCUT2D eigenvalue weighted by Gasteiger charge is 2.19. The minimum absolute atomic E-state index is 0.0798. The second kappa shape index (κ2) is 66.6. The Kier molecular flexibility index (Phi) is 63.3. The summed E-state index contributed by atoms with van der Waals surface area (Å²) in [7, 11) is 0. The van der Waals surface area contributed by atoms with E-state index in [2.05, 4.69) is 130 Å². The van der Waals surface area contributed by atoms with E-state index in [4.69, 9.17) is 14.2 Å². The van der Waals surface area contributed by atoms with Crippen molar-refractivity contribution in [1.82, 2.24) is 0 Å². The SMILES string of the molecule is CC/C=C\C/C=C\C/C=C\C/C=C\C/C=C\CCCCCCCCCC(=O)OC(COC(=O)CCCCCCCCCCC)COC(=O)CCCCCCCCCCCCCCCCCC/C=C\C/C=C\C/C=C\C/C=C\CC. The van der Waals surface area contributed by atoms with Crippen LogP contribution in [0.3, 0.4) is 0 Å². The molecule has 0 aliphatic carbocycles. The van der Waals surface area contributed by atoms with Crippen LogP contribution in [0, 0.1) is 0 Å². The van der Waals surface area contributed by atoms with E-state index in [9.17, 15) is 14.4 Å². The first-order valence-corrected chi connectivity index (χ1v) is 33.4. The number of carbonyl (C=O) groups is 3. The number of esters is 3. The van der Waals surface area contributed by atoms with Gasteiger partial charge in [0.25, 0.3) is 0 Å². The van der Waals surface area contributed by atoms with Crippen molar-refractivity contribution in [3.05, 3.63) is 109 Å². The topological polar surface area (TPSA) is 78.9 Å². The van der Waals surface area contributed by atoms with Crippen LogP contribution in [-0.2, 0) is 28.6 Å². The Morgan fingerprint density at radius 2 is 0.494 bits per heavy atom. The lowest BCUT2D eigenvalue weighted by molar-refractivity contribution is -0.167. The summed E-state index contributed by atoms with van der Waals surface area (Å²) >= 11 is 0. The molecule has 0 N–H and O–H groups in total. The quantitative estimate of drug-likeness (QED) is 0.0261. The lowest BCUT2D eigenvalue weighted by Crippen LogP contribution is -2.30. The number of unbranched alkanes of at least 4 members (excludes halogenated alkanes) is 31. The fraction of sp³-hybridized carbons (Fsp3) is 0.712. The Hall–Kier alpha value is -3.93. The zero-order chi connectivity index (χ0) is 57.1. The lowest BCUT2D eigenvalue weighted by atomic mass is 10.0. The molecule has 6 heteroatoms. The van der Waals surface area contributed by atoms with Crippen LogP contribution < -0.4 is 0 Å². The van der Waals surface area contributed by atoms with Gasteiger partial charge < -0.3 is 14.2 Å². The Morgan fingerprint density at radius 3 is 0.772 bits per heavy atom. The molecule has 1 unspecified atom stereocenters. The van der Waals surface area contributed by atoms with Crippen molar-refractivity contribution in [2.45, 2.75) is 322 Å². The van der Waals surface area contributed by atoms with E-state index in [1.165, 1.54) is 154 Å². The van der Waals surface area contributed by atoms with Gasteiger partial charge in [0.2, 0.25) is 0 Å². The second-order valence-electron chi connectivity index (χ2n) is 22.0. The summed E-state index contributed by atoms with van der Waals surface area (Å²) in [6.07, 6.45) is 91.2. The molecule has 0 aromatic heterocycles. The van der Waals surface area contributed by atoms with Gasteiger partial charge in [0.05, 0.1) is 0 Å². The molecule has 452 valence electrons. The fourth-order valence-electron chi connectivity index (χ4n) is 9.35. The van der Waals surface area contributed by atoms with Crippen molar-refractivity contribution in [2.75, 3.05) is 13.2 Å². The maximum Gasteiger partial charge on any atom is 0.306 e. The summed E-state index contributed by atoms with van der Waals surface area (Å²) in [5.41, 5.74) is 0. The second-order valence-corrected chi connectivity index (χ2v) is 22.0. The van der Waals surface area contributed by atoms with Crippen LogP contribution in [-0.4, -0.2) is 37.2 Å². The first kappa shape index (κ1) is 75.1. The predicted molar refractivity (Wildman–Crippen MR) is 343 cm³/mol. The van der Waals surface area contributed by atoms with Crippen LogP contribution in [0.25, 0.3) is 0 Å². The lowest BCUT2D eigenvalue weighted by Gasteiger charge is -2.18. The van der Waals surface area contributed by atoms with Crippen LogP contribution in [0.2, 0.25) is 0 Å². The molecule has 0 heterocycles. The highest BCUT2D eigenvalue weighted by molar-refractivity contribution is 5.71. The number of hydrogen-bond donors (Lipinski definition) is 0. The zero-order valence-electron chi connectivity index (χ0n) is 51.9. The molecule has 1 atom stereocenters. The van der Waals surface area contributed by atoms with Gasteiger partial charge in [-0.15, -0.1) is 0 Å². The highest BCUT2D eigenvalue weighted by atomic mass is 16.6. The van der Waals surface area contributed by atoms with Gasteiger partial charge >= 0.3 is 17.9 Å². The molecule has 0 amide bonds. The van der Waals surface area contributed by atoms with Crippen molar-refractivity contribution >= 4 is 17.9 Å². The third-order valence-electron chi connectivity index (χ3n) is 14.3. The van der Waals surface area contributed by atoms with Crippen LogP contribution in [0.4, 0.5) is 0 Å². The largest absolute Gasteiger partial charge is 0.462 e. The minimum atomic E-state index is -0.783. The summed E-state index contributed by atoms with van der Waals surface area (Å²) in [5, 5.41) is 0. The molecule has 0 spiro atoms. The monoisotopic (exact) mass is 1100 g/mol. The van der Waals surface area contributed by atoms with Crippen LogP contribution >= 0.6 is 0 Å². The van der Waals surface area contributed by atoms with Crippen LogP contribution in [0.1, 0.15) is 316 Å². The van der Waals surface area contributed by atoms with Gasteiger partial charge in [-0.25, -0.2) is 0 Å². The molecule has 6 nitrogen and oxygen atoms in total. The Balaban J connectivity index is 4.18. The van der Waals surface area contributed by atoms with Gasteiger partial charge in [0.15, 0.2) is 6.10 Å². The molecular formula is C73H124O6. The van der Waals surface area contributed by atoms with Gasteiger partial charge in [-0.2, -0.15) is 0 Å². The molecule has 0 radical (unpaired) electrons. The average molecular weight is 1100 g/mol. The van der Waals surface area contributed by atoms with Crippen molar-refractivity contribution < 1.29 is 28.6 Å². The van der Waals surface area contributed by atoms with Crippen molar-refractivity contribution in [3.8, 4) is 0 Å². The summed E-state index contributed by atoms with van der Waals surface area (Å²) in [6.45, 7) is 6.41. The van der Waals surface area contributed by atoms with Crippen LogP contribution in [0.15, 0.2) is 109 Å². The first-order chi connectivity index (χ1) is 39.0. The van der Waals surface area contributed by atoms with Gasteiger partial charge in [-0.1, -0.05) is 304 Å². The Labute approximate surface area is 489 Å². The van der Waals surface area contributed by atoms with E-state index >= 15 is 0 Å². The molecule has 0 aromatic carbocycles. The molecule has 0 aliphatic rings. The van der Waals surface area contributed by atoms with Crippen molar-refractivity contribution in [2.24, 2.45) is 0 Å². The Morgan fingerprint density at radius 1 is 0.266 bits per heavy atom. The maximum atomic E-state index is 12.9. The molecule has 0 saturated heterocycles.